The van der Waals surface area contributed by atoms with Crippen molar-refractivity contribution in [3.05, 3.63) is 24.3 Å². The molecule has 0 saturated heterocycles. The summed E-state index contributed by atoms with van der Waals surface area (Å²) in [4.78, 5) is 20.5. The van der Waals surface area contributed by atoms with E-state index in [4.69, 9.17) is 5.11 Å². The molecule has 5 heteroatoms. The molecular weight excluding hydrogens is 172 g/mol. The molecule has 4 nitrogen and oxygen atoms in total. The molecule has 0 aliphatic rings. The average Bonchev–Trinajstić information content (AvgIpc) is 1.99. The topological polar surface area (TPSA) is 63.6 Å². The number of hydrogen-bond acceptors (Lipinski definition) is 3. The lowest BCUT2D eigenvalue weighted by Crippen LogP contribution is -2.01. The zero-order valence-electron chi connectivity index (χ0n) is 5.41. The van der Waals surface area contributed by atoms with Crippen LogP contribution in [0.4, 0.5) is 0 Å². The number of aliphatic carboxylic acids is 1. The summed E-state index contributed by atoms with van der Waals surface area (Å²) in [6.07, 6.45) is 1.73. The van der Waals surface area contributed by atoms with Gasteiger partial charge in [-0.3, -0.25) is 0 Å². The minimum Gasteiger partial charge on any atom is -0.478 e. The van der Waals surface area contributed by atoms with Crippen LogP contribution in [0, 0.1) is 0 Å². The molecule has 0 aromatic rings. The smallest absolute Gasteiger partial charge is 0.349 e. The van der Waals surface area contributed by atoms with E-state index in [0.29, 0.717) is 0 Å². The molecule has 0 amide bonds. The third kappa shape index (κ3) is 3.42. The zero-order valence-corrected chi connectivity index (χ0v) is 6.17. The highest BCUT2D eigenvalue weighted by Gasteiger charge is 2.05. The summed E-state index contributed by atoms with van der Waals surface area (Å²) in [5.74, 6) is -2.20. The summed E-state index contributed by atoms with van der Waals surface area (Å²) in [6, 6.07) is 0. The molecule has 0 radical (unpaired) electrons. The Labute approximate surface area is 67.9 Å². The second kappa shape index (κ2) is 4.51. The number of rotatable bonds is 3. The van der Waals surface area contributed by atoms with Gasteiger partial charge in [-0.1, -0.05) is 12.7 Å². The van der Waals surface area contributed by atoms with Crippen LogP contribution in [0.3, 0.4) is 0 Å². The van der Waals surface area contributed by atoms with Crippen molar-refractivity contribution in [2.24, 2.45) is 0 Å². The van der Waals surface area contributed by atoms with Gasteiger partial charge < -0.3 is 9.40 Å². The molecular formula is C6H5ClO4. The first-order valence-electron chi connectivity index (χ1n) is 2.51. The first-order valence-corrected chi connectivity index (χ1v) is 2.82. The van der Waals surface area contributed by atoms with Gasteiger partial charge in [-0.05, 0) is 0 Å². The fraction of sp³-hybridized carbons (Fsp3) is 0. The van der Waals surface area contributed by atoms with Crippen LogP contribution < -0.4 is 0 Å². The van der Waals surface area contributed by atoms with Crippen LogP contribution in [0.1, 0.15) is 0 Å². The van der Waals surface area contributed by atoms with Gasteiger partial charge in [-0.2, -0.15) is 0 Å². The molecule has 0 unspecified atom stereocenters. The Kier molecular flexibility index (Phi) is 3.98. The van der Waals surface area contributed by atoms with Gasteiger partial charge in [0.1, 0.15) is 11.9 Å². The normalized spacial score (nSPS) is 10.5. The van der Waals surface area contributed by atoms with Gasteiger partial charge in [0.05, 0.1) is 5.57 Å². The highest BCUT2D eigenvalue weighted by molar-refractivity contribution is 6.15. The van der Waals surface area contributed by atoms with Crippen molar-refractivity contribution in [3.63, 3.8) is 0 Å². The minimum absolute atomic E-state index is 0.268. The maximum atomic E-state index is 10.3. The maximum absolute atomic E-state index is 10.3. The molecule has 11 heavy (non-hydrogen) atoms. The number of carboxylic acids is 1. The van der Waals surface area contributed by atoms with Crippen LogP contribution in [0.5, 0.6) is 0 Å². The molecule has 0 aromatic carbocycles. The summed E-state index contributed by atoms with van der Waals surface area (Å²) in [7, 11) is 0. The van der Waals surface area contributed by atoms with E-state index in [1.54, 1.807) is 0 Å². The molecule has 0 fully saturated rings. The van der Waals surface area contributed by atoms with Gasteiger partial charge in [0.15, 0.2) is 0 Å². The molecule has 0 rings (SSSR count). The fourth-order valence-corrected chi connectivity index (χ4v) is 0.402. The predicted molar refractivity (Wildman–Crippen MR) is 37.9 cm³/mol. The number of hydrogen-bond donors (Lipinski definition) is 1. The molecule has 0 aromatic heterocycles. The van der Waals surface area contributed by atoms with Gasteiger partial charge in [0, 0.05) is 6.08 Å². The fourth-order valence-electron chi connectivity index (χ4n) is 0.357. The van der Waals surface area contributed by atoms with Crippen molar-refractivity contribution in [3.8, 4) is 0 Å². The molecule has 0 bridgehead atoms. The monoisotopic (exact) mass is 176 g/mol. The highest BCUT2D eigenvalue weighted by atomic mass is 35.5. The number of halogens is 1. The van der Waals surface area contributed by atoms with Gasteiger partial charge in [0.25, 0.3) is 0 Å². The summed E-state index contributed by atoms with van der Waals surface area (Å²) < 4.78 is 3.68. The average molecular weight is 177 g/mol. The molecule has 0 saturated carbocycles. The molecule has 60 valence electrons. The lowest BCUT2D eigenvalue weighted by Gasteiger charge is -1.90. The SMILES string of the molecule is C=C/C(=C\C(=O)OCl)C(=O)O. The second-order valence-electron chi connectivity index (χ2n) is 1.51. The van der Waals surface area contributed by atoms with E-state index < -0.39 is 11.9 Å². The van der Waals surface area contributed by atoms with Crippen LogP contribution in [-0.4, -0.2) is 17.0 Å². The molecule has 0 spiro atoms. The highest BCUT2D eigenvalue weighted by Crippen LogP contribution is 1.97. The van der Waals surface area contributed by atoms with Crippen molar-refractivity contribution in [2.75, 3.05) is 0 Å². The number of carboxylic acid groups (broad SMARTS) is 1. The van der Waals surface area contributed by atoms with Crippen molar-refractivity contribution in [2.45, 2.75) is 0 Å². The Hall–Kier alpha value is -1.29. The van der Waals surface area contributed by atoms with Crippen molar-refractivity contribution >= 4 is 23.8 Å². The van der Waals surface area contributed by atoms with Crippen molar-refractivity contribution in [1.29, 1.82) is 0 Å². The quantitative estimate of drug-likeness (QED) is 0.512. The molecule has 0 heterocycles. The summed E-state index contributed by atoms with van der Waals surface area (Å²) >= 11 is 4.64. The van der Waals surface area contributed by atoms with E-state index in [1.807, 2.05) is 0 Å². The summed E-state index contributed by atoms with van der Waals surface area (Å²) in [5.41, 5.74) is -0.268. The first kappa shape index (κ1) is 9.71. The van der Waals surface area contributed by atoms with Gasteiger partial charge in [-0.25, -0.2) is 9.59 Å². The third-order valence-corrected chi connectivity index (χ3v) is 0.968. The van der Waals surface area contributed by atoms with Crippen LogP contribution in [0.15, 0.2) is 24.3 Å². The lowest BCUT2D eigenvalue weighted by molar-refractivity contribution is -0.133. The van der Waals surface area contributed by atoms with Crippen molar-refractivity contribution in [1.82, 2.24) is 0 Å². The Morgan fingerprint density at radius 2 is 2.09 bits per heavy atom. The number of carbonyl (C=O) groups is 2. The largest absolute Gasteiger partial charge is 0.478 e. The molecule has 1 N–H and O–H groups in total. The molecule has 0 aliphatic heterocycles. The van der Waals surface area contributed by atoms with Crippen LogP contribution >= 0.6 is 11.9 Å². The summed E-state index contributed by atoms with van der Waals surface area (Å²) in [6.45, 7) is 3.17. The standard InChI is InChI=1S/C6H5ClO4/c1-2-4(6(9)10)3-5(8)11-7/h2-3H,1H2,(H,9,10)/b4-3+. The van der Waals surface area contributed by atoms with E-state index in [2.05, 4.69) is 22.7 Å². The second-order valence-corrected chi connectivity index (χ2v) is 1.66. The molecule has 0 atom stereocenters. The third-order valence-electron chi connectivity index (χ3n) is 0.816. The van der Waals surface area contributed by atoms with Crippen LogP contribution in [-0.2, 0) is 13.9 Å². The van der Waals surface area contributed by atoms with Gasteiger partial charge in [0.2, 0.25) is 0 Å². The van der Waals surface area contributed by atoms with Crippen LogP contribution in [0.2, 0.25) is 0 Å². The van der Waals surface area contributed by atoms with Gasteiger partial charge in [-0.15, -0.1) is 0 Å². The van der Waals surface area contributed by atoms with E-state index >= 15 is 0 Å². The Bertz CT molecular complexity index is 219. The summed E-state index contributed by atoms with van der Waals surface area (Å²) in [5, 5.41) is 8.33. The van der Waals surface area contributed by atoms with Crippen molar-refractivity contribution < 1.29 is 19.0 Å². The maximum Gasteiger partial charge on any atom is 0.349 e. The number of carbonyl (C=O) groups excluding carboxylic acids is 1. The van der Waals surface area contributed by atoms with E-state index in [1.165, 1.54) is 0 Å². The van der Waals surface area contributed by atoms with E-state index in [-0.39, 0.29) is 5.57 Å². The Balaban J connectivity index is 4.48. The van der Waals surface area contributed by atoms with E-state index in [0.717, 1.165) is 12.2 Å². The van der Waals surface area contributed by atoms with Crippen LogP contribution in [0.25, 0.3) is 0 Å². The van der Waals surface area contributed by atoms with E-state index in [9.17, 15) is 9.59 Å². The predicted octanol–water partition coefficient (Wildman–Crippen LogP) is 0.880. The zero-order chi connectivity index (χ0) is 8.85. The Morgan fingerprint density at radius 3 is 2.36 bits per heavy atom. The minimum atomic E-state index is -1.26. The molecule has 0 aliphatic carbocycles. The Morgan fingerprint density at radius 1 is 1.55 bits per heavy atom. The first-order chi connectivity index (χ1) is 5.11. The van der Waals surface area contributed by atoms with Gasteiger partial charge >= 0.3 is 11.9 Å². The lowest BCUT2D eigenvalue weighted by atomic mass is 10.2.